The first kappa shape index (κ1) is 14.9. The molecule has 0 fully saturated rings. The molecule has 0 aromatic heterocycles. The third kappa shape index (κ3) is 7.80. The molecule has 0 aliphatic carbocycles. The van der Waals surface area contributed by atoms with E-state index in [1.165, 1.54) is 12.8 Å². The van der Waals surface area contributed by atoms with Gasteiger partial charge in [0.25, 0.3) is 0 Å². The molecular weight excluding hydrogens is 186 g/mol. The monoisotopic (exact) mass is 215 g/mol. The highest BCUT2D eigenvalue weighted by molar-refractivity contribution is 4.69. The molecule has 0 saturated carbocycles. The van der Waals surface area contributed by atoms with Crippen LogP contribution in [0.5, 0.6) is 0 Å². The Morgan fingerprint density at radius 2 is 1.73 bits per heavy atom. The molecule has 0 rings (SSSR count). The molecule has 0 spiro atoms. The number of likely N-dealkylation sites (N-methyl/N-ethyl adjacent to an activating group) is 1. The van der Waals surface area contributed by atoms with Crippen LogP contribution in [-0.4, -0.2) is 25.8 Å². The molecule has 0 radical (unpaired) electrons. The minimum absolute atomic E-state index is 0.504. The van der Waals surface area contributed by atoms with Gasteiger partial charge in [0.2, 0.25) is 0 Å². The SMILES string of the molecule is CCCC(C)COCC(NCC)C(C)C. The van der Waals surface area contributed by atoms with Crippen molar-refractivity contribution in [3.63, 3.8) is 0 Å². The zero-order chi connectivity index (χ0) is 11.7. The van der Waals surface area contributed by atoms with Gasteiger partial charge in [-0.05, 0) is 24.8 Å². The Kier molecular flexibility index (Phi) is 9.12. The van der Waals surface area contributed by atoms with Crippen LogP contribution in [0.4, 0.5) is 0 Å². The minimum Gasteiger partial charge on any atom is -0.380 e. The Balaban J connectivity index is 3.61. The van der Waals surface area contributed by atoms with E-state index in [1.54, 1.807) is 0 Å². The number of rotatable bonds is 9. The minimum atomic E-state index is 0.504. The lowest BCUT2D eigenvalue weighted by molar-refractivity contribution is 0.0734. The van der Waals surface area contributed by atoms with E-state index in [4.69, 9.17) is 4.74 Å². The van der Waals surface area contributed by atoms with Gasteiger partial charge in [-0.1, -0.05) is 41.0 Å². The van der Waals surface area contributed by atoms with Crippen molar-refractivity contribution in [2.24, 2.45) is 11.8 Å². The second-order valence-corrected chi connectivity index (χ2v) is 4.84. The summed E-state index contributed by atoms with van der Waals surface area (Å²) in [6.07, 6.45) is 2.53. The normalized spacial score (nSPS) is 15.6. The van der Waals surface area contributed by atoms with Gasteiger partial charge < -0.3 is 10.1 Å². The van der Waals surface area contributed by atoms with Gasteiger partial charge in [-0.3, -0.25) is 0 Å². The van der Waals surface area contributed by atoms with Crippen molar-refractivity contribution < 1.29 is 4.74 Å². The van der Waals surface area contributed by atoms with Gasteiger partial charge in [-0.15, -0.1) is 0 Å². The third-order valence-corrected chi connectivity index (χ3v) is 2.75. The summed E-state index contributed by atoms with van der Waals surface area (Å²) >= 11 is 0. The van der Waals surface area contributed by atoms with Crippen molar-refractivity contribution in [2.75, 3.05) is 19.8 Å². The van der Waals surface area contributed by atoms with Crippen LogP contribution in [0.25, 0.3) is 0 Å². The molecule has 0 saturated heterocycles. The van der Waals surface area contributed by atoms with E-state index < -0.39 is 0 Å². The molecule has 0 aliphatic heterocycles. The van der Waals surface area contributed by atoms with E-state index in [2.05, 4.69) is 39.9 Å². The number of hydrogen-bond donors (Lipinski definition) is 1. The molecule has 0 amide bonds. The zero-order valence-electron chi connectivity index (χ0n) is 11.2. The van der Waals surface area contributed by atoms with Gasteiger partial charge in [0.05, 0.1) is 6.61 Å². The summed E-state index contributed by atoms with van der Waals surface area (Å²) in [4.78, 5) is 0. The standard InChI is InChI=1S/C13H29NO/c1-6-8-12(5)9-15-10-13(11(3)4)14-7-2/h11-14H,6-10H2,1-5H3. The molecule has 0 aromatic rings. The highest BCUT2D eigenvalue weighted by Gasteiger charge is 2.12. The van der Waals surface area contributed by atoms with Crippen LogP contribution in [0.15, 0.2) is 0 Å². The summed E-state index contributed by atoms with van der Waals surface area (Å²) in [5.41, 5.74) is 0. The Hall–Kier alpha value is -0.0800. The molecule has 2 nitrogen and oxygen atoms in total. The summed E-state index contributed by atoms with van der Waals surface area (Å²) in [6.45, 7) is 13.9. The molecule has 92 valence electrons. The predicted octanol–water partition coefficient (Wildman–Crippen LogP) is 3.07. The highest BCUT2D eigenvalue weighted by Crippen LogP contribution is 2.07. The van der Waals surface area contributed by atoms with Crippen LogP contribution >= 0.6 is 0 Å². The van der Waals surface area contributed by atoms with Gasteiger partial charge in [-0.2, -0.15) is 0 Å². The number of ether oxygens (including phenoxy) is 1. The van der Waals surface area contributed by atoms with Crippen molar-refractivity contribution in [3.8, 4) is 0 Å². The summed E-state index contributed by atoms with van der Waals surface area (Å²) in [7, 11) is 0. The first-order chi connectivity index (χ1) is 7.11. The molecule has 15 heavy (non-hydrogen) atoms. The molecule has 0 heterocycles. The highest BCUT2D eigenvalue weighted by atomic mass is 16.5. The maximum atomic E-state index is 5.76. The van der Waals surface area contributed by atoms with Crippen LogP contribution in [0.2, 0.25) is 0 Å². The number of nitrogens with one attached hydrogen (secondary N) is 1. The molecule has 2 atom stereocenters. The quantitative estimate of drug-likeness (QED) is 0.638. The Labute approximate surface area is 95.8 Å². The largest absolute Gasteiger partial charge is 0.380 e. The van der Waals surface area contributed by atoms with Crippen molar-refractivity contribution in [3.05, 3.63) is 0 Å². The van der Waals surface area contributed by atoms with Gasteiger partial charge >= 0.3 is 0 Å². The topological polar surface area (TPSA) is 21.3 Å². The van der Waals surface area contributed by atoms with Crippen LogP contribution in [-0.2, 0) is 4.74 Å². The Bertz CT molecular complexity index is 136. The van der Waals surface area contributed by atoms with Gasteiger partial charge in [-0.25, -0.2) is 0 Å². The van der Waals surface area contributed by atoms with E-state index >= 15 is 0 Å². The van der Waals surface area contributed by atoms with E-state index in [-0.39, 0.29) is 0 Å². The van der Waals surface area contributed by atoms with E-state index in [9.17, 15) is 0 Å². The van der Waals surface area contributed by atoms with Crippen LogP contribution < -0.4 is 5.32 Å². The second kappa shape index (κ2) is 9.17. The fraction of sp³-hybridized carbons (Fsp3) is 1.00. The first-order valence-electron chi connectivity index (χ1n) is 6.42. The van der Waals surface area contributed by atoms with Gasteiger partial charge in [0.15, 0.2) is 0 Å². The summed E-state index contributed by atoms with van der Waals surface area (Å²) < 4.78 is 5.76. The average molecular weight is 215 g/mol. The molecule has 0 bridgehead atoms. The van der Waals surface area contributed by atoms with Crippen LogP contribution in [0.3, 0.4) is 0 Å². The lowest BCUT2D eigenvalue weighted by Crippen LogP contribution is -2.38. The fourth-order valence-electron chi connectivity index (χ4n) is 1.72. The summed E-state index contributed by atoms with van der Waals surface area (Å²) in [5.74, 6) is 1.34. The first-order valence-corrected chi connectivity index (χ1v) is 6.42. The van der Waals surface area contributed by atoms with Crippen molar-refractivity contribution in [2.45, 2.75) is 53.5 Å². The van der Waals surface area contributed by atoms with Crippen LogP contribution in [0.1, 0.15) is 47.5 Å². The smallest absolute Gasteiger partial charge is 0.0622 e. The Morgan fingerprint density at radius 3 is 2.20 bits per heavy atom. The molecule has 2 unspecified atom stereocenters. The van der Waals surface area contributed by atoms with E-state index in [0.29, 0.717) is 17.9 Å². The van der Waals surface area contributed by atoms with Gasteiger partial charge in [0.1, 0.15) is 0 Å². The Morgan fingerprint density at radius 1 is 1.07 bits per heavy atom. The van der Waals surface area contributed by atoms with Crippen molar-refractivity contribution >= 4 is 0 Å². The molecule has 2 heteroatoms. The van der Waals surface area contributed by atoms with Crippen molar-refractivity contribution in [1.82, 2.24) is 5.32 Å². The maximum Gasteiger partial charge on any atom is 0.0622 e. The third-order valence-electron chi connectivity index (χ3n) is 2.75. The predicted molar refractivity (Wildman–Crippen MR) is 67.2 cm³/mol. The van der Waals surface area contributed by atoms with E-state index in [1.807, 2.05) is 0 Å². The van der Waals surface area contributed by atoms with Gasteiger partial charge in [0, 0.05) is 12.6 Å². The van der Waals surface area contributed by atoms with Crippen molar-refractivity contribution in [1.29, 1.82) is 0 Å². The molecule has 0 aliphatic rings. The van der Waals surface area contributed by atoms with E-state index in [0.717, 1.165) is 19.8 Å². The number of hydrogen-bond acceptors (Lipinski definition) is 2. The molecule has 0 aromatic carbocycles. The summed E-state index contributed by atoms with van der Waals surface area (Å²) in [5, 5.41) is 3.46. The molecular formula is C13H29NO. The lowest BCUT2D eigenvalue weighted by atomic mass is 10.1. The summed E-state index contributed by atoms with van der Waals surface area (Å²) in [6, 6.07) is 0.504. The maximum absolute atomic E-state index is 5.76. The second-order valence-electron chi connectivity index (χ2n) is 4.84. The average Bonchev–Trinajstić information content (AvgIpc) is 2.16. The molecule has 1 N–H and O–H groups in total. The fourth-order valence-corrected chi connectivity index (χ4v) is 1.72. The lowest BCUT2D eigenvalue weighted by Gasteiger charge is -2.22. The van der Waals surface area contributed by atoms with Crippen LogP contribution in [0, 0.1) is 11.8 Å². The zero-order valence-corrected chi connectivity index (χ0v) is 11.2.